The lowest BCUT2D eigenvalue weighted by atomic mass is 10.1. The molecule has 2 aromatic carbocycles. The number of nitro groups is 1. The van der Waals surface area contributed by atoms with Crippen LogP contribution in [0.1, 0.15) is 11.1 Å². The van der Waals surface area contributed by atoms with Crippen molar-refractivity contribution in [2.45, 2.75) is 6.18 Å². The highest BCUT2D eigenvalue weighted by Gasteiger charge is 2.35. The Balaban J connectivity index is 2.12. The molecule has 0 aromatic heterocycles. The summed E-state index contributed by atoms with van der Waals surface area (Å²) in [6, 6.07) is 7.46. The van der Waals surface area contributed by atoms with Crippen LogP contribution in [-0.4, -0.2) is 33.3 Å². The molecule has 0 aliphatic carbocycles. The number of halogens is 3. The van der Waals surface area contributed by atoms with E-state index in [1.54, 1.807) is 0 Å². The average molecular weight is 477 g/mol. The van der Waals surface area contributed by atoms with Crippen molar-refractivity contribution in [3.05, 3.63) is 81.9 Å². The maximum absolute atomic E-state index is 13.3. The number of nitrogens with one attached hydrogen (secondary N) is 1. The highest BCUT2D eigenvalue weighted by atomic mass is 32.1. The van der Waals surface area contributed by atoms with Gasteiger partial charge in [0, 0.05) is 24.2 Å². The van der Waals surface area contributed by atoms with Crippen LogP contribution in [-0.2, 0) is 15.8 Å². The van der Waals surface area contributed by atoms with Crippen LogP contribution in [0.25, 0.3) is 6.08 Å². The smallest absolute Gasteiger partial charge is 0.419 e. The minimum atomic E-state index is -4.73. The summed E-state index contributed by atoms with van der Waals surface area (Å²) >= 11 is 4.96. The summed E-state index contributed by atoms with van der Waals surface area (Å²) in [4.78, 5) is 36.6. The van der Waals surface area contributed by atoms with E-state index in [1.807, 2.05) is 0 Å². The van der Waals surface area contributed by atoms with Crippen molar-refractivity contribution >= 4 is 40.9 Å². The Morgan fingerprint density at radius 2 is 1.88 bits per heavy atom. The third kappa shape index (κ3) is 5.06. The summed E-state index contributed by atoms with van der Waals surface area (Å²) in [6.45, 7) is 3.48. The highest BCUT2D eigenvalue weighted by Crippen LogP contribution is 2.39. The molecule has 170 valence electrons. The second-order valence-corrected chi connectivity index (χ2v) is 6.98. The number of hydrogen-bond acceptors (Lipinski definition) is 6. The van der Waals surface area contributed by atoms with Gasteiger partial charge in [-0.15, -0.1) is 6.58 Å². The van der Waals surface area contributed by atoms with E-state index in [2.05, 4.69) is 11.9 Å². The largest absolute Gasteiger partial charge is 0.456 e. The van der Waals surface area contributed by atoms with Crippen molar-refractivity contribution in [1.82, 2.24) is 10.2 Å². The highest BCUT2D eigenvalue weighted by molar-refractivity contribution is 7.80. The number of amides is 2. The van der Waals surface area contributed by atoms with Crippen LogP contribution in [0.2, 0.25) is 0 Å². The summed E-state index contributed by atoms with van der Waals surface area (Å²) < 4.78 is 45.5. The lowest BCUT2D eigenvalue weighted by Gasteiger charge is -2.27. The summed E-state index contributed by atoms with van der Waals surface area (Å²) in [7, 11) is 0. The number of benzene rings is 2. The van der Waals surface area contributed by atoms with Crippen LogP contribution in [0.3, 0.4) is 0 Å². The Morgan fingerprint density at radius 1 is 1.18 bits per heavy atom. The number of hydrogen-bond donors (Lipinski definition) is 1. The van der Waals surface area contributed by atoms with Crippen LogP contribution in [0.15, 0.2) is 60.7 Å². The quantitative estimate of drug-likeness (QED) is 0.167. The van der Waals surface area contributed by atoms with Gasteiger partial charge in [0.05, 0.1) is 10.5 Å². The second kappa shape index (κ2) is 9.20. The Hall–Kier alpha value is -4.06. The van der Waals surface area contributed by atoms with Crippen LogP contribution < -0.4 is 10.1 Å². The number of ether oxygens (including phenoxy) is 1. The molecule has 1 aliphatic heterocycles. The molecule has 1 heterocycles. The van der Waals surface area contributed by atoms with E-state index < -0.39 is 45.5 Å². The molecule has 3 rings (SSSR count). The normalized spacial score (nSPS) is 15.4. The molecule has 8 nitrogen and oxygen atoms in total. The molecule has 1 saturated heterocycles. The van der Waals surface area contributed by atoms with Crippen molar-refractivity contribution in [3.8, 4) is 11.5 Å². The molecular formula is C21H14F3N3O5S. The first-order valence-electron chi connectivity index (χ1n) is 9.15. The first kappa shape index (κ1) is 23.6. The lowest BCUT2D eigenvalue weighted by molar-refractivity contribution is -0.384. The first-order chi connectivity index (χ1) is 15.5. The van der Waals surface area contributed by atoms with Gasteiger partial charge >= 0.3 is 6.18 Å². The van der Waals surface area contributed by atoms with Crippen LogP contribution >= 0.6 is 12.2 Å². The maximum atomic E-state index is 13.3. The molecule has 0 bridgehead atoms. The van der Waals surface area contributed by atoms with E-state index in [4.69, 9.17) is 17.0 Å². The molecule has 1 fully saturated rings. The number of nitrogens with zero attached hydrogens (tertiary/aromatic N) is 2. The molecular weight excluding hydrogens is 463 g/mol. The summed E-state index contributed by atoms with van der Waals surface area (Å²) in [6.07, 6.45) is -2.36. The number of rotatable bonds is 6. The molecule has 2 amide bonds. The molecule has 0 spiro atoms. The van der Waals surface area contributed by atoms with Gasteiger partial charge < -0.3 is 4.74 Å². The SMILES string of the molecule is C=CCN1C(=O)C(=Cc2cc([N+](=O)[O-])ccc2Oc2ccccc2C(F)(F)F)C(=O)NC1=S. The number of non-ortho nitro benzene ring substituents is 1. The Kier molecular flexibility index (Phi) is 6.58. The van der Waals surface area contributed by atoms with Crippen LogP contribution in [0.5, 0.6) is 11.5 Å². The molecule has 1 aliphatic rings. The van der Waals surface area contributed by atoms with Gasteiger partial charge in [0.2, 0.25) is 0 Å². The van der Waals surface area contributed by atoms with Crippen LogP contribution in [0.4, 0.5) is 18.9 Å². The van der Waals surface area contributed by atoms with Crippen molar-refractivity contribution in [2.24, 2.45) is 0 Å². The Labute approximate surface area is 190 Å². The molecule has 2 aromatic rings. The number of para-hydroxylation sites is 1. The number of carbonyl (C=O) groups excluding carboxylic acids is 2. The van der Waals surface area contributed by atoms with E-state index in [0.29, 0.717) is 0 Å². The third-order valence-electron chi connectivity index (χ3n) is 4.41. The minimum Gasteiger partial charge on any atom is -0.456 e. The number of thiocarbonyl (C=S) groups is 1. The Bertz CT molecular complexity index is 1210. The van der Waals surface area contributed by atoms with Crippen molar-refractivity contribution in [3.63, 3.8) is 0 Å². The fourth-order valence-electron chi connectivity index (χ4n) is 2.91. The average Bonchev–Trinajstić information content (AvgIpc) is 2.74. The van der Waals surface area contributed by atoms with Gasteiger partial charge in [0.1, 0.15) is 17.1 Å². The predicted octanol–water partition coefficient (Wildman–Crippen LogP) is 4.22. The molecule has 33 heavy (non-hydrogen) atoms. The number of alkyl halides is 3. The second-order valence-electron chi connectivity index (χ2n) is 6.60. The lowest BCUT2D eigenvalue weighted by Crippen LogP contribution is -2.53. The number of carbonyl (C=O) groups is 2. The molecule has 0 radical (unpaired) electrons. The summed E-state index contributed by atoms with van der Waals surface area (Å²) in [5.41, 5.74) is -2.11. The van der Waals surface area contributed by atoms with E-state index in [9.17, 15) is 32.9 Å². The number of nitro benzene ring substituents is 1. The van der Waals surface area contributed by atoms with Gasteiger partial charge in [-0.25, -0.2) is 0 Å². The third-order valence-corrected chi connectivity index (χ3v) is 4.74. The predicted molar refractivity (Wildman–Crippen MR) is 115 cm³/mol. The zero-order chi connectivity index (χ0) is 24.3. The van der Waals surface area contributed by atoms with Gasteiger partial charge in [-0.2, -0.15) is 13.2 Å². The fraction of sp³-hybridized carbons (Fsp3) is 0.0952. The van der Waals surface area contributed by atoms with Gasteiger partial charge in [-0.3, -0.25) is 29.9 Å². The summed E-state index contributed by atoms with van der Waals surface area (Å²) in [5, 5.41) is 13.4. The maximum Gasteiger partial charge on any atom is 0.419 e. The van der Waals surface area contributed by atoms with E-state index in [-0.39, 0.29) is 23.0 Å². The van der Waals surface area contributed by atoms with E-state index in [0.717, 1.165) is 41.3 Å². The minimum absolute atomic E-state index is 0.0213. The molecule has 0 unspecified atom stereocenters. The molecule has 1 N–H and O–H groups in total. The first-order valence-corrected chi connectivity index (χ1v) is 9.56. The zero-order valence-corrected chi connectivity index (χ0v) is 17.4. The topological polar surface area (TPSA) is 102 Å². The van der Waals surface area contributed by atoms with Gasteiger partial charge in [-0.05, 0) is 36.5 Å². The standard InChI is InChI=1S/C21H14F3N3O5S/c1-2-9-26-19(29)14(18(28)25-20(26)33)11-12-10-13(27(30)31)7-8-16(12)32-17-6-4-3-5-15(17)21(22,23)24/h2-8,10-11H,1,9H2,(H,25,28,33). The fourth-order valence-corrected chi connectivity index (χ4v) is 3.16. The van der Waals surface area contributed by atoms with Crippen LogP contribution in [0, 0.1) is 10.1 Å². The van der Waals surface area contributed by atoms with Crippen molar-refractivity contribution in [2.75, 3.05) is 6.54 Å². The zero-order valence-electron chi connectivity index (χ0n) is 16.6. The molecule has 0 saturated carbocycles. The van der Waals surface area contributed by atoms with Crippen molar-refractivity contribution < 1.29 is 32.4 Å². The molecule has 0 atom stereocenters. The monoisotopic (exact) mass is 477 g/mol. The molecule has 12 heteroatoms. The van der Waals surface area contributed by atoms with Gasteiger partial charge in [0.15, 0.2) is 5.11 Å². The van der Waals surface area contributed by atoms with E-state index >= 15 is 0 Å². The summed E-state index contributed by atoms with van der Waals surface area (Å²) in [5.74, 6) is -2.49. The van der Waals surface area contributed by atoms with E-state index in [1.165, 1.54) is 18.2 Å². The van der Waals surface area contributed by atoms with Gasteiger partial charge in [0.25, 0.3) is 17.5 Å². The Morgan fingerprint density at radius 3 is 2.52 bits per heavy atom. The van der Waals surface area contributed by atoms with Crippen molar-refractivity contribution in [1.29, 1.82) is 0 Å². The van der Waals surface area contributed by atoms with Gasteiger partial charge in [-0.1, -0.05) is 18.2 Å².